The number of H-pyrrole nitrogens is 1. The van der Waals surface area contributed by atoms with Gasteiger partial charge < -0.3 is 85.8 Å². The number of imidazole rings is 1. The number of phenolic OH excluding ortho intramolecular Hbond substituents is 1. The van der Waals surface area contributed by atoms with Crippen LogP contribution in [0.15, 0.2) is 72.1 Å². The first-order valence-electron chi connectivity index (χ1n) is 25.8. The summed E-state index contributed by atoms with van der Waals surface area (Å²) in [6.45, 7) is 3.18. The molecule has 0 spiro atoms. The number of hydrogen-bond donors (Lipinski definition) is 17. The minimum atomic E-state index is -1.68. The Bertz CT molecular complexity index is 2550. The highest BCUT2D eigenvalue weighted by atomic mass is 32.1. The number of nitrogens with two attached hydrogens (primary N) is 4. The quantitative estimate of drug-likeness (QED) is 0.0117. The van der Waals surface area contributed by atoms with E-state index < -0.39 is 133 Å². The Morgan fingerprint density at radius 3 is 1.76 bits per heavy atom. The van der Waals surface area contributed by atoms with Crippen molar-refractivity contribution >= 4 is 77.8 Å². The average Bonchev–Trinajstić information content (AvgIpc) is 3.93. The summed E-state index contributed by atoms with van der Waals surface area (Å²) in [4.78, 5) is 145. The summed E-state index contributed by atoms with van der Waals surface area (Å²) in [7, 11) is 0. The van der Waals surface area contributed by atoms with Crippen LogP contribution in [0.25, 0.3) is 0 Å². The fraction of sp³-hybridized carbons (Fsp3) is 0.490. The van der Waals surface area contributed by atoms with Crippen molar-refractivity contribution in [2.75, 3.05) is 25.4 Å². The van der Waals surface area contributed by atoms with Crippen molar-refractivity contribution in [3.05, 3.63) is 83.9 Å². The molecule has 0 saturated carbocycles. The molecular formula is C51H75N15O13S. The SMILES string of the molecule is CC(C)[C@H](NC(=O)[C@@H](N)CCCN=C(N)N)C(=O)N[C@@H](Cc1ccc(O)cc1)C(=O)N[C@@H](Cc1cnc[nH]1)C(=O)N[C@@H](CCC(=O)O)C(=O)N[C@@H](CS)C(=O)N[C@@H](Cc1ccccc1)C(=O)NCC(=O)N[C@@H](CCCCN)C(=O)O. The summed E-state index contributed by atoms with van der Waals surface area (Å²) >= 11 is 4.24. The molecule has 0 aliphatic heterocycles. The van der Waals surface area contributed by atoms with Crippen molar-refractivity contribution < 1.29 is 63.3 Å². The van der Waals surface area contributed by atoms with E-state index in [0.29, 0.717) is 42.6 Å². The maximum absolute atomic E-state index is 14.4. The number of nitrogens with zero attached hydrogens (tertiary/aromatic N) is 2. The highest BCUT2D eigenvalue weighted by Crippen LogP contribution is 2.14. The second-order valence-electron chi connectivity index (χ2n) is 19.0. The number of aliphatic imine (C=N–C) groups is 1. The number of phenols is 1. The summed E-state index contributed by atoms with van der Waals surface area (Å²) in [6, 6.07) is 3.02. The van der Waals surface area contributed by atoms with Crippen LogP contribution in [0, 0.1) is 5.92 Å². The van der Waals surface area contributed by atoms with Gasteiger partial charge in [0, 0.05) is 49.9 Å². The van der Waals surface area contributed by atoms with Gasteiger partial charge in [0.2, 0.25) is 47.3 Å². The van der Waals surface area contributed by atoms with Gasteiger partial charge in [-0.15, -0.1) is 0 Å². The number of carbonyl (C=O) groups excluding carboxylic acids is 8. The maximum atomic E-state index is 14.4. The lowest BCUT2D eigenvalue weighted by atomic mass is 9.99. The van der Waals surface area contributed by atoms with Crippen molar-refractivity contribution in [1.82, 2.24) is 52.5 Å². The Labute approximate surface area is 467 Å². The number of aromatic nitrogens is 2. The number of aromatic hydroxyl groups is 1. The molecule has 0 fully saturated rings. The number of carbonyl (C=O) groups is 10. The first kappa shape index (κ1) is 66.0. The molecule has 0 aliphatic carbocycles. The molecule has 20 N–H and O–H groups in total. The molecule has 0 saturated heterocycles. The number of guanidine groups is 1. The van der Waals surface area contributed by atoms with Gasteiger partial charge in [-0.3, -0.25) is 48.1 Å². The fourth-order valence-corrected chi connectivity index (χ4v) is 8.03. The number of rotatable bonds is 36. The van der Waals surface area contributed by atoms with Gasteiger partial charge in [-0.1, -0.05) is 56.3 Å². The third-order valence-electron chi connectivity index (χ3n) is 12.2. The number of aromatic amines is 1. The molecule has 28 nitrogen and oxygen atoms in total. The van der Waals surface area contributed by atoms with Crippen molar-refractivity contribution in [2.45, 2.75) is 126 Å². The van der Waals surface area contributed by atoms with Crippen molar-refractivity contribution in [1.29, 1.82) is 0 Å². The molecule has 29 heteroatoms. The van der Waals surface area contributed by atoms with Gasteiger partial charge in [-0.25, -0.2) is 9.78 Å². The number of nitrogens with one attached hydrogen (secondary N) is 9. The third kappa shape index (κ3) is 24.1. The smallest absolute Gasteiger partial charge is 0.326 e. The second-order valence-corrected chi connectivity index (χ2v) is 19.4. The third-order valence-corrected chi connectivity index (χ3v) is 12.6. The standard InChI is InChI=1S/C51H75N15O13S/c1-28(2)42(66-43(71)33(53)11-8-20-57-51(54)55)49(77)64-37(22-30-13-15-32(67)16-14-30)46(74)63-38(23-31-24-56-27-59-31)47(75)61-34(17-18-41(69)70)45(73)65-39(26-80)48(76)62-36(21-29-9-4-3-5-10-29)44(72)58-25-40(68)60-35(50(78)79)12-6-7-19-52/h3-5,9-10,13-16,24,27-28,33-39,42,67,80H,6-8,11-12,17-23,25-26,52-53H2,1-2H3,(H,56,59)(H,58,72)(H,60,68)(H,61,75)(H,62,76)(H,63,74)(H,64,77)(H,65,73)(H,66,71)(H,69,70)(H,78,79)(H4,54,55,57)/t33-,34-,35-,36-,37-,38-,39-,42-/m0/s1. The van der Waals surface area contributed by atoms with E-state index in [1.165, 1.54) is 36.8 Å². The molecule has 0 aliphatic rings. The van der Waals surface area contributed by atoms with Gasteiger partial charge in [-0.05, 0) is 74.2 Å². The molecule has 1 aromatic heterocycles. The normalized spacial score (nSPS) is 14.0. The van der Waals surface area contributed by atoms with Crippen LogP contribution in [0.1, 0.15) is 75.6 Å². The molecule has 0 unspecified atom stereocenters. The summed E-state index contributed by atoms with van der Waals surface area (Å²) in [6.07, 6.45) is 2.41. The number of thiol groups is 1. The van der Waals surface area contributed by atoms with Crippen LogP contribution in [0.2, 0.25) is 0 Å². The topological polar surface area (TPSA) is 473 Å². The van der Waals surface area contributed by atoms with Gasteiger partial charge in [0.1, 0.15) is 48.0 Å². The van der Waals surface area contributed by atoms with Crippen LogP contribution < -0.4 is 65.5 Å². The maximum Gasteiger partial charge on any atom is 0.326 e. The zero-order chi connectivity index (χ0) is 59.3. The minimum Gasteiger partial charge on any atom is -0.508 e. The van der Waals surface area contributed by atoms with E-state index in [0.717, 1.165) is 0 Å². The van der Waals surface area contributed by atoms with Gasteiger partial charge in [-0.2, -0.15) is 12.6 Å². The lowest BCUT2D eigenvalue weighted by molar-refractivity contribution is -0.142. The number of unbranched alkanes of at least 4 members (excludes halogenated alkanes) is 1. The van der Waals surface area contributed by atoms with Crippen LogP contribution >= 0.6 is 12.6 Å². The van der Waals surface area contributed by atoms with Gasteiger partial charge in [0.25, 0.3) is 0 Å². The molecule has 3 rings (SSSR count). The van der Waals surface area contributed by atoms with Crippen LogP contribution in [0.3, 0.4) is 0 Å². The van der Waals surface area contributed by atoms with E-state index in [9.17, 15) is 63.3 Å². The Kier molecular flexibility index (Phi) is 28.5. The molecule has 2 aromatic carbocycles. The van der Waals surface area contributed by atoms with Crippen molar-refractivity contribution in [3.8, 4) is 5.75 Å². The zero-order valence-corrected chi connectivity index (χ0v) is 45.4. The van der Waals surface area contributed by atoms with Crippen molar-refractivity contribution in [3.63, 3.8) is 0 Å². The van der Waals surface area contributed by atoms with Crippen molar-refractivity contribution in [2.24, 2.45) is 33.8 Å². The number of aliphatic carboxylic acids is 2. The molecule has 8 atom stereocenters. The molecule has 438 valence electrons. The van der Waals surface area contributed by atoms with E-state index in [-0.39, 0.29) is 56.1 Å². The van der Waals surface area contributed by atoms with Crippen LogP contribution in [-0.4, -0.2) is 164 Å². The molecule has 8 amide bonds. The monoisotopic (exact) mass is 1140 g/mol. The largest absolute Gasteiger partial charge is 0.508 e. The molecule has 0 radical (unpaired) electrons. The number of amides is 8. The van der Waals surface area contributed by atoms with E-state index in [1.807, 2.05) is 0 Å². The summed E-state index contributed by atoms with van der Waals surface area (Å²) in [5, 5.41) is 49.3. The fourth-order valence-electron chi connectivity index (χ4n) is 7.77. The van der Waals surface area contributed by atoms with Crippen LogP contribution in [-0.2, 0) is 67.2 Å². The Balaban J connectivity index is 1.88. The highest BCUT2D eigenvalue weighted by Gasteiger charge is 2.35. The first-order valence-corrected chi connectivity index (χ1v) is 26.4. The summed E-state index contributed by atoms with van der Waals surface area (Å²) in [5.41, 5.74) is 23.7. The summed E-state index contributed by atoms with van der Waals surface area (Å²) in [5.74, 6) is -10.9. The van der Waals surface area contributed by atoms with Gasteiger partial charge in [0.15, 0.2) is 5.96 Å². The lowest BCUT2D eigenvalue weighted by Gasteiger charge is -2.28. The molecule has 80 heavy (non-hydrogen) atoms. The lowest BCUT2D eigenvalue weighted by Crippen LogP contribution is -2.61. The molecule has 1 heterocycles. The average molecular weight is 1140 g/mol. The van der Waals surface area contributed by atoms with Gasteiger partial charge in [0.05, 0.1) is 18.9 Å². The summed E-state index contributed by atoms with van der Waals surface area (Å²) < 4.78 is 0. The van der Waals surface area contributed by atoms with E-state index in [1.54, 1.807) is 44.2 Å². The molecule has 0 bridgehead atoms. The predicted molar refractivity (Wildman–Crippen MR) is 295 cm³/mol. The van der Waals surface area contributed by atoms with E-state index >= 15 is 0 Å². The predicted octanol–water partition coefficient (Wildman–Crippen LogP) is -3.30. The number of hydrogen-bond acceptors (Lipinski definition) is 16. The Morgan fingerprint density at radius 1 is 0.637 bits per heavy atom. The minimum absolute atomic E-state index is 0.0897. The molecule has 3 aromatic rings. The zero-order valence-electron chi connectivity index (χ0n) is 44.5. The highest BCUT2D eigenvalue weighted by molar-refractivity contribution is 7.80. The van der Waals surface area contributed by atoms with Crippen LogP contribution in [0.4, 0.5) is 0 Å². The first-order chi connectivity index (χ1) is 38.0. The second kappa shape index (κ2) is 34.5. The Hall–Kier alpha value is -8.31. The number of carboxylic acids is 2. The Morgan fingerprint density at radius 2 is 1.20 bits per heavy atom. The van der Waals surface area contributed by atoms with Crippen LogP contribution in [0.5, 0.6) is 5.75 Å². The van der Waals surface area contributed by atoms with E-state index in [2.05, 4.69) is 70.1 Å². The molecular weight excluding hydrogens is 1060 g/mol. The van der Waals surface area contributed by atoms with E-state index in [4.69, 9.17) is 22.9 Å². The van der Waals surface area contributed by atoms with Gasteiger partial charge >= 0.3 is 11.9 Å². The number of benzene rings is 2. The number of carboxylic acid groups (broad SMARTS) is 2.